The molecule has 1 unspecified atom stereocenters. The number of esters is 1. The van der Waals surface area contributed by atoms with Crippen LogP contribution >= 0.6 is 22.1 Å². The van der Waals surface area contributed by atoms with Gasteiger partial charge in [0.05, 0.1) is 74.4 Å². The highest BCUT2D eigenvalue weighted by molar-refractivity contribution is 8.76. The van der Waals surface area contributed by atoms with Gasteiger partial charge in [-0.1, -0.05) is 17.7 Å². The lowest BCUT2D eigenvalue weighted by atomic mass is 9.81. The summed E-state index contributed by atoms with van der Waals surface area (Å²) < 4.78 is 38.3. The Morgan fingerprint density at radius 3 is 2.31 bits per heavy atom. The van der Waals surface area contributed by atoms with Crippen molar-refractivity contribution >= 4 is 60.8 Å². The molecule has 0 aliphatic carbocycles. The first-order valence-electron chi connectivity index (χ1n) is 15.7. The second kappa shape index (κ2) is 20.3. The maximum atomic E-state index is 13.4. The second-order valence-corrected chi connectivity index (χ2v) is 15.5. The van der Waals surface area contributed by atoms with Crippen molar-refractivity contribution in [3.05, 3.63) is 46.0 Å². The largest absolute Gasteiger partial charge is 0.448 e. The minimum atomic E-state index is -2.07. The predicted octanol–water partition coefficient (Wildman–Crippen LogP) is 1.99. The molecule has 0 saturated carbocycles. The lowest BCUT2D eigenvalue weighted by molar-refractivity contribution is -0.156. The lowest BCUT2D eigenvalue weighted by Gasteiger charge is -2.36. The number of amides is 1. The van der Waals surface area contributed by atoms with Crippen molar-refractivity contribution < 1.29 is 57.3 Å². The Balaban J connectivity index is 1.68. The van der Waals surface area contributed by atoms with E-state index in [1.807, 2.05) is 0 Å². The van der Waals surface area contributed by atoms with Gasteiger partial charge >= 0.3 is 5.97 Å². The summed E-state index contributed by atoms with van der Waals surface area (Å²) in [6, 6.07) is -0.488. The van der Waals surface area contributed by atoms with Crippen molar-refractivity contribution in [3.8, 4) is 0 Å². The molecular formula is C32H44N2O12S3. The molecule has 49 heavy (non-hydrogen) atoms. The molecular weight excluding hydrogens is 701 g/mol. The summed E-state index contributed by atoms with van der Waals surface area (Å²) in [6.07, 6.45) is 5.88. The first-order valence-corrected chi connectivity index (χ1v) is 19.0. The standard InChI is InChI=1S/C32H44N2O12S3/c1-22-8-9-32(31(3,40)30(39)48-49(32)41)19-27(37)33-23(2)29-34-24(21-47-29)6-4-5-7-25(36)26(18-22)46-28(38)20-45-17-16-44-15-14-43-13-12-42-11-10-35/h4-7,18,21,23,26,35,40H,8-17,19-20H2,1-3H3,(H,33,37)/b6-4-,7-5+,22-18+/t23-,26+,31-,32+,49?/m0/s1. The molecule has 2 aliphatic rings. The van der Waals surface area contributed by atoms with E-state index < -0.39 is 68.1 Å². The van der Waals surface area contributed by atoms with Gasteiger partial charge in [0.15, 0.2) is 11.9 Å². The fraction of sp³-hybridized carbons (Fsp3) is 0.594. The highest BCUT2D eigenvalue weighted by atomic mass is 33.1. The van der Waals surface area contributed by atoms with Gasteiger partial charge in [-0.3, -0.25) is 14.4 Å². The third kappa shape index (κ3) is 12.3. The van der Waals surface area contributed by atoms with Gasteiger partial charge in [0, 0.05) is 22.6 Å². The summed E-state index contributed by atoms with van der Waals surface area (Å²) in [5.41, 5.74) is -0.932. The Kier molecular flexibility index (Phi) is 16.9. The van der Waals surface area contributed by atoms with Gasteiger partial charge < -0.3 is 39.2 Å². The summed E-state index contributed by atoms with van der Waals surface area (Å²) in [4.78, 5) is 56.3. The maximum Gasteiger partial charge on any atom is 0.333 e. The number of rotatable bonds is 14. The Morgan fingerprint density at radius 1 is 1.04 bits per heavy atom. The Hall–Kier alpha value is -2.61. The molecule has 272 valence electrons. The number of carbonyl (C=O) groups is 4. The number of nitrogens with one attached hydrogen (secondary N) is 1. The average Bonchev–Trinajstić information content (AvgIpc) is 3.59. The van der Waals surface area contributed by atoms with Gasteiger partial charge in [0.2, 0.25) is 11.0 Å². The quantitative estimate of drug-likeness (QED) is 0.108. The Morgan fingerprint density at radius 2 is 1.67 bits per heavy atom. The molecule has 0 aromatic carbocycles. The van der Waals surface area contributed by atoms with Gasteiger partial charge in [0.1, 0.15) is 22.0 Å². The number of hydrogen-bond acceptors (Lipinski definition) is 15. The number of hydrogen-bond donors (Lipinski definition) is 3. The van der Waals surface area contributed by atoms with Crippen LogP contribution in [0.5, 0.6) is 0 Å². The minimum Gasteiger partial charge on any atom is -0.448 e. The summed E-state index contributed by atoms with van der Waals surface area (Å²) in [5.74, 6) is -1.83. The number of nitrogens with zero attached hydrogens (tertiary/aromatic N) is 1. The molecule has 1 fully saturated rings. The lowest BCUT2D eigenvalue weighted by Crippen LogP contribution is -2.55. The fourth-order valence-corrected chi connectivity index (χ4v) is 9.52. The fourth-order valence-electron chi connectivity index (χ4n) is 4.78. The van der Waals surface area contributed by atoms with E-state index in [9.17, 15) is 28.5 Å². The van der Waals surface area contributed by atoms with Crippen LogP contribution in [-0.4, -0.2) is 118 Å². The Labute approximate surface area is 295 Å². The summed E-state index contributed by atoms with van der Waals surface area (Å²) in [5, 5.41) is 24.5. The SMILES string of the molecule is C/C1=C\[C@@H](OC(=O)COCCOCCOCCOCCO)C(=O)/C=C/C=C\c2csc(n2)[C@H](C)NC(=O)C[C@@]2(CC1)S(=O)SC(=O)[C@]2(C)O. The molecule has 17 heteroatoms. The van der Waals surface area contributed by atoms with Gasteiger partial charge in [-0.25, -0.2) is 14.0 Å². The number of thiazole rings is 1. The monoisotopic (exact) mass is 744 g/mol. The average molecular weight is 745 g/mol. The van der Waals surface area contributed by atoms with E-state index in [1.54, 1.807) is 31.4 Å². The zero-order chi connectivity index (χ0) is 35.9. The number of ketones is 1. The smallest absolute Gasteiger partial charge is 0.333 e. The van der Waals surface area contributed by atoms with Crippen molar-refractivity contribution in [2.75, 3.05) is 59.5 Å². The van der Waals surface area contributed by atoms with E-state index in [1.165, 1.54) is 36.5 Å². The zero-order valence-electron chi connectivity index (χ0n) is 27.8. The van der Waals surface area contributed by atoms with Crippen molar-refractivity contribution in [2.45, 2.75) is 62.5 Å². The highest BCUT2D eigenvalue weighted by Crippen LogP contribution is 2.50. The molecule has 14 nitrogen and oxygen atoms in total. The molecule has 3 rings (SSSR count). The number of fused-ring (bicyclic) bond motifs is 2. The number of carbonyl (C=O) groups excluding carboxylic acids is 4. The number of aliphatic hydroxyl groups is 2. The minimum absolute atomic E-state index is 0.0318. The van der Waals surface area contributed by atoms with Gasteiger partial charge in [-0.05, 0) is 51.8 Å². The molecule has 1 spiro atoms. The molecule has 2 bridgehead atoms. The normalized spacial score (nSPS) is 29.1. The molecule has 1 saturated heterocycles. The molecule has 3 heterocycles. The van der Waals surface area contributed by atoms with Crippen LogP contribution in [0.3, 0.4) is 0 Å². The van der Waals surface area contributed by atoms with Crippen molar-refractivity contribution in [2.24, 2.45) is 0 Å². The van der Waals surface area contributed by atoms with E-state index in [0.29, 0.717) is 53.5 Å². The van der Waals surface area contributed by atoms with Crippen molar-refractivity contribution in [3.63, 3.8) is 0 Å². The summed E-state index contributed by atoms with van der Waals surface area (Å²) in [7, 11) is -1.45. The van der Waals surface area contributed by atoms with E-state index in [2.05, 4.69) is 10.3 Å². The maximum absolute atomic E-state index is 13.4. The molecule has 1 aromatic heterocycles. The van der Waals surface area contributed by atoms with E-state index in [4.69, 9.17) is 28.8 Å². The van der Waals surface area contributed by atoms with E-state index >= 15 is 0 Å². The van der Waals surface area contributed by atoms with E-state index in [0.717, 1.165) is 0 Å². The Bertz CT molecular complexity index is 1410. The first kappa shape index (κ1) is 40.8. The van der Waals surface area contributed by atoms with Gasteiger partial charge in [-0.2, -0.15) is 0 Å². The van der Waals surface area contributed by atoms with Crippen molar-refractivity contribution in [1.29, 1.82) is 0 Å². The topological polar surface area (TPSA) is 197 Å². The van der Waals surface area contributed by atoms with Crippen LogP contribution in [-0.2, 0) is 52.7 Å². The second-order valence-electron chi connectivity index (χ2n) is 11.4. The van der Waals surface area contributed by atoms with Crippen LogP contribution in [0, 0.1) is 0 Å². The molecule has 3 N–H and O–H groups in total. The van der Waals surface area contributed by atoms with Crippen LogP contribution < -0.4 is 5.32 Å². The van der Waals surface area contributed by atoms with E-state index in [-0.39, 0.29) is 39.3 Å². The number of ether oxygens (including phenoxy) is 5. The molecule has 5 atom stereocenters. The summed E-state index contributed by atoms with van der Waals surface area (Å²) in [6.45, 7) is 6.13. The molecule has 2 aliphatic heterocycles. The number of allylic oxidation sites excluding steroid dienone is 3. The van der Waals surface area contributed by atoms with Crippen LogP contribution in [0.2, 0.25) is 0 Å². The molecule has 1 aromatic rings. The highest BCUT2D eigenvalue weighted by Gasteiger charge is 2.63. The van der Waals surface area contributed by atoms with Crippen LogP contribution in [0.4, 0.5) is 0 Å². The van der Waals surface area contributed by atoms with Gasteiger partial charge in [0.25, 0.3) is 0 Å². The first-order chi connectivity index (χ1) is 23.4. The molecule has 0 radical (unpaired) electrons. The predicted molar refractivity (Wildman–Crippen MR) is 184 cm³/mol. The summed E-state index contributed by atoms with van der Waals surface area (Å²) >= 11 is 1.32. The number of aromatic nitrogens is 1. The van der Waals surface area contributed by atoms with Crippen LogP contribution in [0.15, 0.2) is 35.3 Å². The van der Waals surface area contributed by atoms with Crippen LogP contribution in [0.1, 0.15) is 56.8 Å². The zero-order valence-corrected chi connectivity index (χ0v) is 30.2. The third-order valence-corrected chi connectivity index (χ3v) is 12.6. The number of aliphatic hydroxyl groups excluding tert-OH is 1. The molecule has 1 amide bonds. The third-order valence-electron chi connectivity index (χ3n) is 7.60. The van der Waals surface area contributed by atoms with Crippen LogP contribution in [0.25, 0.3) is 6.08 Å². The van der Waals surface area contributed by atoms with Crippen molar-refractivity contribution in [1.82, 2.24) is 10.3 Å². The van der Waals surface area contributed by atoms with Gasteiger partial charge in [-0.15, -0.1) is 11.3 Å².